The number of nitro groups is 1. The zero-order valence-corrected chi connectivity index (χ0v) is 12.6. The Balaban J connectivity index is 2.37. The quantitative estimate of drug-likeness (QED) is 0.630. The van der Waals surface area contributed by atoms with Crippen molar-refractivity contribution in [3.05, 3.63) is 28.3 Å². The second-order valence-corrected chi connectivity index (χ2v) is 7.06. The van der Waals surface area contributed by atoms with Gasteiger partial charge in [0, 0.05) is 26.7 Å². The van der Waals surface area contributed by atoms with Crippen molar-refractivity contribution in [3.63, 3.8) is 0 Å². The van der Waals surface area contributed by atoms with E-state index >= 15 is 0 Å². The van der Waals surface area contributed by atoms with Crippen LogP contribution in [0.3, 0.4) is 0 Å². The lowest BCUT2D eigenvalue weighted by atomic mass is 10.2. The maximum Gasteiger partial charge on any atom is 0.312 e. The number of rotatable bonds is 5. The van der Waals surface area contributed by atoms with Gasteiger partial charge in [-0.3, -0.25) is 10.1 Å². The molecule has 0 bridgehead atoms. The average Bonchev–Trinajstić information content (AvgIpc) is 2.91. The lowest BCUT2D eigenvalue weighted by Gasteiger charge is -2.14. The minimum atomic E-state index is -3.72. The first kappa shape index (κ1) is 15.7. The smallest absolute Gasteiger partial charge is 0.312 e. The summed E-state index contributed by atoms with van der Waals surface area (Å²) in [6.45, 7) is 1.42. The van der Waals surface area contributed by atoms with Crippen molar-refractivity contribution in [1.29, 1.82) is 0 Å². The van der Waals surface area contributed by atoms with Gasteiger partial charge in [-0.15, -0.1) is 0 Å². The zero-order chi connectivity index (χ0) is 15.6. The van der Waals surface area contributed by atoms with Gasteiger partial charge in [-0.1, -0.05) is 0 Å². The molecule has 0 spiro atoms. The third-order valence-corrected chi connectivity index (χ3v) is 5.03. The molecule has 0 aromatic heterocycles. The molecule has 2 rings (SSSR count). The van der Waals surface area contributed by atoms with Crippen LogP contribution in [0.2, 0.25) is 0 Å². The number of hydrogen-bond acceptors (Lipinski definition) is 6. The Bertz CT molecular complexity index is 638. The van der Waals surface area contributed by atoms with E-state index in [1.807, 2.05) is 0 Å². The number of nitrogens with zero attached hydrogens (tertiary/aromatic N) is 2. The summed E-state index contributed by atoms with van der Waals surface area (Å²) in [5.41, 5.74) is -0.343. The molecule has 1 aliphatic heterocycles. The molecule has 0 amide bonds. The maximum atomic E-state index is 12.0. The molecule has 0 radical (unpaired) electrons. The van der Waals surface area contributed by atoms with Crippen LogP contribution in [0.15, 0.2) is 23.1 Å². The van der Waals surface area contributed by atoms with Crippen molar-refractivity contribution in [3.8, 4) is 5.75 Å². The predicted octanol–water partition coefficient (Wildman–Crippen LogP) is 0.586. The Hall–Kier alpha value is -1.71. The van der Waals surface area contributed by atoms with E-state index in [1.54, 1.807) is 0 Å². The predicted molar refractivity (Wildman–Crippen MR) is 75.9 cm³/mol. The Labute approximate surface area is 122 Å². The Morgan fingerprint density at radius 2 is 2.14 bits per heavy atom. The molecule has 1 aliphatic rings. The summed E-state index contributed by atoms with van der Waals surface area (Å²) >= 11 is 0. The fraction of sp³-hybridized carbons (Fsp3) is 0.500. The molecule has 9 heteroatoms. The van der Waals surface area contributed by atoms with Crippen molar-refractivity contribution in [2.24, 2.45) is 0 Å². The van der Waals surface area contributed by atoms with E-state index in [-0.39, 0.29) is 22.4 Å². The lowest BCUT2D eigenvalue weighted by molar-refractivity contribution is -0.386. The van der Waals surface area contributed by atoms with Gasteiger partial charge in [-0.2, -0.15) is 0 Å². The molecule has 1 aromatic carbocycles. The van der Waals surface area contributed by atoms with Crippen LogP contribution in [0.4, 0.5) is 5.69 Å². The molecule has 1 unspecified atom stereocenters. The summed E-state index contributed by atoms with van der Waals surface area (Å²) in [5, 5.41) is 14.2. The van der Waals surface area contributed by atoms with E-state index in [9.17, 15) is 18.5 Å². The van der Waals surface area contributed by atoms with Crippen LogP contribution in [0.1, 0.15) is 6.42 Å². The topological polar surface area (TPSA) is 102 Å². The number of nitrogens with one attached hydrogen (secondary N) is 1. The summed E-state index contributed by atoms with van der Waals surface area (Å²) < 4.78 is 30.6. The molecule has 1 saturated heterocycles. The Kier molecular flexibility index (Phi) is 4.45. The summed E-state index contributed by atoms with van der Waals surface area (Å²) in [4.78, 5) is 10.4. The first-order valence-electron chi connectivity index (χ1n) is 6.40. The SMILES string of the molecule is CN(C)S(=O)(=O)c1ccc(OC2CCNC2)c([N+](=O)[O-])c1. The van der Waals surface area contributed by atoms with E-state index in [0.717, 1.165) is 23.3 Å². The van der Waals surface area contributed by atoms with E-state index in [1.165, 1.54) is 26.2 Å². The van der Waals surface area contributed by atoms with Gasteiger partial charge in [0.25, 0.3) is 0 Å². The van der Waals surface area contributed by atoms with Crippen LogP contribution in [-0.4, -0.2) is 50.9 Å². The van der Waals surface area contributed by atoms with Crippen molar-refractivity contribution in [2.75, 3.05) is 27.2 Å². The van der Waals surface area contributed by atoms with Gasteiger partial charge < -0.3 is 10.1 Å². The van der Waals surface area contributed by atoms with E-state index < -0.39 is 14.9 Å². The minimum Gasteiger partial charge on any atom is -0.482 e. The molecule has 116 valence electrons. The minimum absolute atomic E-state index is 0.0893. The van der Waals surface area contributed by atoms with Crippen LogP contribution in [-0.2, 0) is 10.0 Å². The van der Waals surface area contributed by atoms with E-state index in [2.05, 4.69) is 5.32 Å². The number of benzene rings is 1. The first-order valence-corrected chi connectivity index (χ1v) is 7.84. The third kappa shape index (κ3) is 3.31. The van der Waals surface area contributed by atoms with Gasteiger partial charge in [0.15, 0.2) is 5.75 Å². The highest BCUT2D eigenvalue weighted by atomic mass is 32.2. The number of ether oxygens (including phenoxy) is 1. The normalized spacial score (nSPS) is 18.9. The first-order chi connectivity index (χ1) is 9.82. The Morgan fingerprint density at radius 3 is 2.67 bits per heavy atom. The highest BCUT2D eigenvalue weighted by Gasteiger charge is 2.26. The van der Waals surface area contributed by atoms with Crippen molar-refractivity contribution < 1.29 is 18.1 Å². The highest BCUT2D eigenvalue weighted by molar-refractivity contribution is 7.89. The van der Waals surface area contributed by atoms with Crippen molar-refractivity contribution in [2.45, 2.75) is 17.4 Å². The maximum absolute atomic E-state index is 12.0. The van der Waals surface area contributed by atoms with Crippen molar-refractivity contribution >= 4 is 15.7 Å². The molecule has 1 heterocycles. The molecule has 8 nitrogen and oxygen atoms in total. The second kappa shape index (κ2) is 5.96. The van der Waals surface area contributed by atoms with Crippen LogP contribution in [0.5, 0.6) is 5.75 Å². The zero-order valence-electron chi connectivity index (χ0n) is 11.8. The standard InChI is InChI=1S/C12H17N3O5S/c1-14(2)21(18,19)10-3-4-12(11(7-10)15(16)17)20-9-5-6-13-8-9/h3-4,7,9,13H,5-6,8H2,1-2H3. The summed E-state index contributed by atoms with van der Waals surface area (Å²) in [7, 11) is -0.974. The number of nitro benzene ring substituents is 1. The number of hydrogen-bond donors (Lipinski definition) is 1. The van der Waals surface area contributed by atoms with Crippen molar-refractivity contribution in [1.82, 2.24) is 9.62 Å². The van der Waals surface area contributed by atoms with Gasteiger partial charge >= 0.3 is 5.69 Å². The molecule has 1 fully saturated rings. The van der Waals surface area contributed by atoms with Gasteiger partial charge in [-0.05, 0) is 25.1 Å². The fourth-order valence-corrected chi connectivity index (χ4v) is 2.94. The third-order valence-electron chi connectivity index (χ3n) is 3.21. The molecule has 1 aromatic rings. The molecular weight excluding hydrogens is 298 g/mol. The molecule has 0 saturated carbocycles. The Morgan fingerprint density at radius 1 is 1.43 bits per heavy atom. The summed E-state index contributed by atoms with van der Waals surface area (Å²) in [6, 6.07) is 3.69. The van der Waals surface area contributed by atoms with Gasteiger partial charge in [0.2, 0.25) is 10.0 Å². The van der Waals surface area contributed by atoms with Crippen LogP contribution < -0.4 is 10.1 Å². The molecule has 1 atom stereocenters. The monoisotopic (exact) mass is 315 g/mol. The molecule has 0 aliphatic carbocycles. The lowest BCUT2D eigenvalue weighted by Crippen LogP contribution is -2.23. The highest BCUT2D eigenvalue weighted by Crippen LogP contribution is 2.31. The molecular formula is C12H17N3O5S. The van der Waals surface area contributed by atoms with Crippen LogP contribution in [0.25, 0.3) is 0 Å². The fourth-order valence-electron chi connectivity index (χ4n) is 2.02. The second-order valence-electron chi connectivity index (χ2n) is 4.91. The van der Waals surface area contributed by atoms with E-state index in [4.69, 9.17) is 4.74 Å². The summed E-state index contributed by atoms with van der Waals surface area (Å²) in [6.07, 6.45) is 0.620. The molecule has 21 heavy (non-hydrogen) atoms. The van der Waals surface area contributed by atoms with Crippen LogP contribution >= 0.6 is 0 Å². The van der Waals surface area contributed by atoms with Gasteiger partial charge in [0.05, 0.1) is 9.82 Å². The van der Waals surface area contributed by atoms with Gasteiger partial charge in [0.1, 0.15) is 6.10 Å². The summed E-state index contributed by atoms with van der Waals surface area (Å²) in [5.74, 6) is 0.0893. The number of sulfonamides is 1. The van der Waals surface area contributed by atoms with Crippen LogP contribution in [0, 0.1) is 10.1 Å². The largest absolute Gasteiger partial charge is 0.482 e. The van der Waals surface area contributed by atoms with Gasteiger partial charge in [-0.25, -0.2) is 12.7 Å². The molecule has 1 N–H and O–H groups in total. The average molecular weight is 315 g/mol. The van der Waals surface area contributed by atoms with E-state index in [0.29, 0.717) is 6.54 Å².